The lowest BCUT2D eigenvalue weighted by Gasteiger charge is -2.09. The third-order valence-corrected chi connectivity index (χ3v) is 5.53. The highest BCUT2D eigenvalue weighted by molar-refractivity contribution is 7.99. The van der Waals surface area contributed by atoms with E-state index in [1.165, 1.54) is 28.5 Å². The van der Waals surface area contributed by atoms with Crippen molar-refractivity contribution in [1.29, 1.82) is 0 Å². The molecule has 0 atom stereocenters. The number of carbonyl (C=O) groups is 1. The number of rotatable bonds is 5. The molecule has 5 heteroatoms. The Morgan fingerprint density at radius 3 is 2.18 bits per heavy atom. The average Bonchev–Trinajstić information content (AvgIpc) is 2.63. The van der Waals surface area contributed by atoms with E-state index in [2.05, 4.69) is 54.5 Å². The minimum absolute atomic E-state index is 0.0501. The zero-order valence-electron chi connectivity index (χ0n) is 17.0. The Hall–Kier alpha value is -2.66. The summed E-state index contributed by atoms with van der Waals surface area (Å²) in [5.74, 6) is 0.245. The van der Waals surface area contributed by atoms with Crippen LogP contribution in [-0.4, -0.2) is 21.9 Å². The predicted molar refractivity (Wildman–Crippen MR) is 117 cm³/mol. The molecule has 1 amide bonds. The van der Waals surface area contributed by atoms with Gasteiger partial charge in [0.25, 0.3) is 0 Å². The lowest BCUT2D eigenvalue weighted by Crippen LogP contribution is -2.14. The van der Waals surface area contributed by atoms with E-state index >= 15 is 0 Å². The Bertz CT molecular complexity index is 993. The number of thioether (sulfide) groups is 1. The van der Waals surface area contributed by atoms with E-state index in [0.717, 1.165) is 33.1 Å². The van der Waals surface area contributed by atoms with Gasteiger partial charge in [-0.15, -0.1) is 10.2 Å². The van der Waals surface area contributed by atoms with Gasteiger partial charge in [0, 0.05) is 11.3 Å². The number of aryl methyl sites for hydroxylation is 5. The van der Waals surface area contributed by atoms with Crippen molar-refractivity contribution < 1.29 is 4.79 Å². The number of carbonyl (C=O) groups excluding carboxylic acids is 1. The highest BCUT2D eigenvalue weighted by Gasteiger charge is 2.09. The van der Waals surface area contributed by atoms with Crippen molar-refractivity contribution in [3.8, 4) is 11.3 Å². The highest BCUT2D eigenvalue weighted by atomic mass is 32.2. The highest BCUT2D eigenvalue weighted by Crippen LogP contribution is 2.26. The fraction of sp³-hybridized carbons (Fsp3) is 0.261. The van der Waals surface area contributed by atoms with Gasteiger partial charge in [0.15, 0.2) is 0 Å². The minimum Gasteiger partial charge on any atom is -0.325 e. The van der Waals surface area contributed by atoms with Crippen molar-refractivity contribution in [3.05, 3.63) is 70.3 Å². The smallest absolute Gasteiger partial charge is 0.234 e. The average molecular weight is 392 g/mol. The molecule has 0 bridgehead atoms. The molecule has 28 heavy (non-hydrogen) atoms. The van der Waals surface area contributed by atoms with Crippen molar-refractivity contribution in [2.75, 3.05) is 11.1 Å². The van der Waals surface area contributed by atoms with Crippen LogP contribution in [0.1, 0.15) is 27.8 Å². The summed E-state index contributed by atoms with van der Waals surface area (Å²) in [5.41, 5.74) is 8.74. The van der Waals surface area contributed by atoms with Crippen LogP contribution in [0.5, 0.6) is 0 Å². The molecule has 144 valence electrons. The first kappa shape index (κ1) is 20.1. The molecule has 0 spiro atoms. The quantitative estimate of drug-likeness (QED) is 0.590. The van der Waals surface area contributed by atoms with Crippen LogP contribution >= 0.6 is 11.8 Å². The minimum atomic E-state index is -0.0501. The van der Waals surface area contributed by atoms with E-state index in [-0.39, 0.29) is 5.91 Å². The first-order valence-corrected chi connectivity index (χ1v) is 10.2. The molecule has 0 radical (unpaired) electrons. The van der Waals surface area contributed by atoms with Crippen molar-refractivity contribution >= 4 is 23.4 Å². The lowest BCUT2D eigenvalue weighted by molar-refractivity contribution is -0.113. The van der Waals surface area contributed by atoms with E-state index in [1.54, 1.807) is 0 Å². The maximum absolute atomic E-state index is 12.2. The Labute approximate surface area is 170 Å². The Kier molecular flexibility index (Phi) is 6.15. The molecule has 0 fully saturated rings. The largest absolute Gasteiger partial charge is 0.325 e. The normalized spacial score (nSPS) is 10.8. The van der Waals surface area contributed by atoms with Crippen LogP contribution in [0.15, 0.2) is 47.5 Å². The number of anilines is 1. The van der Waals surface area contributed by atoms with Gasteiger partial charge in [-0.2, -0.15) is 0 Å². The summed E-state index contributed by atoms with van der Waals surface area (Å²) < 4.78 is 0. The standard InChI is InChI=1S/C23H25N3OS/c1-14-8-15(2)10-19(9-14)24-22(27)13-28-23-7-6-21(25-26-23)20-12-17(4)16(3)11-18(20)5/h6-12H,13H2,1-5H3,(H,24,27). The molecule has 4 nitrogen and oxygen atoms in total. The number of hydrogen-bond acceptors (Lipinski definition) is 4. The van der Waals surface area contributed by atoms with Gasteiger partial charge in [-0.25, -0.2) is 0 Å². The summed E-state index contributed by atoms with van der Waals surface area (Å²) in [6.07, 6.45) is 0. The van der Waals surface area contributed by atoms with Crippen LogP contribution in [0.2, 0.25) is 0 Å². The van der Waals surface area contributed by atoms with Gasteiger partial charge in [-0.3, -0.25) is 4.79 Å². The molecular weight excluding hydrogens is 366 g/mol. The molecule has 2 aromatic carbocycles. The molecule has 1 heterocycles. The molecule has 3 aromatic rings. The first-order chi connectivity index (χ1) is 13.3. The SMILES string of the molecule is Cc1cc(C)cc(NC(=O)CSc2ccc(-c3cc(C)c(C)cc3C)nn2)c1. The monoisotopic (exact) mass is 391 g/mol. The number of aromatic nitrogens is 2. The third kappa shape index (κ3) is 4.98. The second-order valence-corrected chi connectivity index (χ2v) is 8.22. The maximum atomic E-state index is 12.2. The molecule has 0 aliphatic heterocycles. The zero-order valence-corrected chi connectivity index (χ0v) is 17.8. The second-order valence-electron chi connectivity index (χ2n) is 7.22. The molecule has 0 aliphatic carbocycles. The van der Waals surface area contributed by atoms with E-state index in [9.17, 15) is 4.79 Å². The van der Waals surface area contributed by atoms with Gasteiger partial charge in [0.2, 0.25) is 5.91 Å². The van der Waals surface area contributed by atoms with Crippen molar-refractivity contribution in [1.82, 2.24) is 10.2 Å². The van der Waals surface area contributed by atoms with Gasteiger partial charge in [0.1, 0.15) is 5.03 Å². The van der Waals surface area contributed by atoms with Gasteiger partial charge in [-0.05, 0) is 92.8 Å². The van der Waals surface area contributed by atoms with E-state index in [1.807, 2.05) is 38.1 Å². The summed E-state index contributed by atoms with van der Waals surface area (Å²) >= 11 is 1.38. The Morgan fingerprint density at radius 1 is 0.857 bits per heavy atom. The van der Waals surface area contributed by atoms with Crippen molar-refractivity contribution in [3.63, 3.8) is 0 Å². The van der Waals surface area contributed by atoms with Gasteiger partial charge < -0.3 is 5.32 Å². The molecule has 0 aliphatic rings. The zero-order chi connectivity index (χ0) is 20.3. The number of hydrogen-bond donors (Lipinski definition) is 1. The molecule has 1 N–H and O–H groups in total. The van der Waals surface area contributed by atoms with Crippen LogP contribution in [0.25, 0.3) is 11.3 Å². The summed E-state index contributed by atoms with van der Waals surface area (Å²) in [6.45, 7) is 10.3. The lowest BCUT2D eigenvalue weighted by atomic mass is 9.99. The molecule has 3 rings (SSSR count). The predicted octanol–water partition coefficient (Wildman–Crippen LogP) is 5.42. The molecule has 1 aromatic heterocycles. The third-order valence-electron chi connectivity index (χ3n) is 4.61. The van der Waals surface area contributed by atoms with Crippen LogP contribution in [0.3, 0.4) is 0 Å². The number of nitrogens with zero attached hydrogens (tertiary/aromatic N) is 2. The van der Waals surface area contributed by atoms with Crippen LogP contribution in [0.4, 0.5) is 5.69 Å². The van der Waals surface area contributed by atoms with E-state index in [0.29, 0.717) is 5.75 Å². The Balaban J connectivity index is 1.63. The second kappa shape index (κ2) is 8.57. The molecule has 0 unspecified atom stereocenters. The fourth-order valence-electron chi connectivity index (χ4n) is 3.16. The van der Waals surface area contributed by atoms with Crippen molar-refractivity contribution in [2.45, 2.75) is 39.6 Å². The summed E-state index contributed by atoms with van der Waals surface area (Å²) in [4.78, 5) is 12.2. The number of benzene rings is 2. The number of amides is 1. The van der Waals surface area contributed by atoms with E-state index < -0.39 is 0 Å². The summed E-state index contributed by atoms with van der Waals surface area (Å²) in [7, 11) is 0. The fourth-order valence-corrected chi connectivity index (χ4v) is 3.77. The molecular formula is C23H25N3OS. The Morgan fingerprint density at radius 2 is 1.54 bits per heavy atom. The van der Waals surface area contributed by atoms with Gasteiger partial charge in [-0.1, -0.05) is 23.9 Å². The first-order valence-electron chi connectivity index (χ1n) is 9.25. The molecule has 0 saturated heterocycles. The van der Waals surface area contributed by atoms with Gasteiger partial charge >= 0.3 is 0 Å². The molecule has 0 saturated carbocycles. The topological polar surface area (TPSA) is 54.9 Å². The maximum Gasteiger partial charge on any atom is 0.234 e. The number of nitrogens with one attached hydrogen (secondary N) is 1. The van der Waals surface area contributed by atoms with Crippen molar-refractivity contribution in [2.24, 2.45) is 0 Å². The van der Waals surface area contributed by atoms with Crippen LogP contribution < -0.4 is 5.32 Å². The van der Waals surface area contributed by atoms with Gasteiger partial charge in [0.05, 0.1) is 11.4 Å². The summed E-state index contributed by atoms with van der Waals surface area (Å²) in [5, 5.41) is 12.3. The van der Waals surface area contributed by atoms with Crippen LogP contribution in [0, 0.1) is 34.6 Å². The van der Waals surface area contributed by atoms with E-state index in [4.69, 9.17) is 0 Å². The summed E-state index contributed by atoms with van der Waals surface area (Å²) in [6, 6.07) is 14.2. The van der Waals surface area contributed by atoms with Crippen LogP contribution in [-0.2, 0) is 4.79 Å².